The van der Waals surface area contributed by atoms with Gasteiger partial charge in [-0.25, -0.2) is 4.79 Å². The Hall–Kier alpha value is -2.24. The van der Waals surface area contributed by atoms with Crippen LogP contribution in [0.3, 0.4) is 0 Å². The van der Waals surface area contributed by atoms with Gasteiger partial charge in [0.1, 0.15) is 0 Å². The number of carbonyl (C=O) groups is 1. The number of rotatable bonds is 4. The van der Waals surface area contributed by atoms with Gasteiger partial charge in [0.05, 0.1) is 19.3 Å². The number of urea groups is 1. The fourth-order valence-electron chi connectivity index (χ4n) is 2.81. The smallest absolute Gasteiger partial charge is 0.319 e. The third-order valence-corrected chi connectivity index (χ3v) is 4.43. The Morgan fingerprint density at radius 1 is 1.16 bits per heavy atom. The average molecular weight is 360 g/mol. The van der Waals surface area contributed by atoms with E-state index in [-0.39, 0.29) is 12.1 Å². The van der Waals surface area contributed by atoms with E-state index in [0.29, 0.717) is 10.7 Å². The number of amides is 2. The predicted molar refractivity (Wildman–Crippen MR) is 101 cm³/mol. The molecule has 2 N–H and O–H groups in total. The number of hydrogen-bond donors (Lipinski definition) is 2. The SMILES string of the molecule is C[C@H](NC(=O)Nc1cccc(Cl)c1)c1ccc(N2CCOCC2)cc1. The molecule has 132 valence electrons. The quantitative estimate of drug-likeness (QED) is 0.865. The van der Waals surface area contributed by atoms with Gasteiger partial charge in [0, 0.05) is 29.5 Å². The lowest BCUT2D eigenvalue weighted by molar-refractivity contribution is 0.122. The molecular formula is C19H22ClN3O2. The summed E-state index contributed by atoms with van der Waals surface area (Å²) in [5.41, 5.74) is 2.90. The number of benzene rings is 2. The Morgan fingerprint density at radius 3 is 2.56 bits per heavy atom. The number of halogens is 1. The number of nitrogens with zero attached hydrogens (tertiary/aromatic N) is 1. The summed E-state index contributed by atoms with van der Waals surface area (Å²) in [6.07, 6.45) is 0. The number of carbonyl (C=O) groups excluding carboxylic acids is 1. The van der Waals surface area contributed by atoms with E-state index in [1.54, 1.807) is 24.3 Å². The summed E-state index contributed by atoms with van der Waals surface area (Å²) in [6, 6.07) is 15.0. The molecule has 1 aliphatic heterocycles. The summed E-state index contributed by atoms with van der Waals surface area (Å²) in [5, 5.41) is 6.31. The Balaban J connectivity index is 1.57. The maximum Gasteiger partial charge on any atom is 0.319 e. The molecule has 25 heavy (non-hydrogen) atoms. The lowest BCUT2D eigenvalue weighted by Crippen LogP contribution is -2.36. The van der Waals surface area contributed by atoms with Crippen LogP contribution in [0.2, 0.25) is 5.02 Å². The van der Waals surface area contributed by atoms with Crippen molar-refractivity contribution in [2.75, 3.05) is 36.5 Å². The zero-order valence-electron chi connectivity index (χ0n) is 14.2. The molecule has 0 saturated carbocycles. The fourth-order valence-corrected chi connectivity index (χ4v) is 3.00. The van der Waals surface area contributed by atoms with Crippen LogP contribution in [0.1, 0.15) is 18.5 Å². The van der Waals surface area contributed by atoms with E-state index >= 15 is 0 Å². The summed E-state index contributed by atoms with van der Waals surface area (Å²) < 4.78 is 5.38. The second-order valence-corrected chi connectivity index (χ2v) is 6.46. The highest BCUT2D eigenvalue weighted by atomic mass is 35.5. The van der Waals surface area contributed by atoms with Crippen LogP contribution in [0.5, 0.6) is 0 Å². The highest BCUT2D eigenvalue weighted by molar-refractivity contribution is 6.30. The summed E-state index contributed by atoms with van der Waals surface area (Å²) in [6.45, 7) is 5.32. The first kappa shape index (κ1) is 17.6. The predicted octanol–water partition coefficient (Wildman–Crippen LogP) is 4.06. The Morgan fingerprint density at radius 2 is 1.88 bits per heavy atom. The highest BCUT2D eigenvalue weighted by Gasteiger charge is 2.13. The lowest BCUT2D eigenvalue weighted by Gasteiger charge is -2.29. The molecule has 1 aliphatic rings. The number of anilines is 2. The molecule has 1 heterocycles. The minimum atomic E-state index is -0.257. The normalized spacial score (nSPS) is 15.5. The van der Waals surface area contributed by atoms with Crippen molar-refractivity contribution in [3.8, 4) is 0 Å². The molecule has 0 bridgehead atoms. The molecule has 0 aromatic heterocycles. The van der Waals surface area contributed by atoms with Crippen LogP contribution in [0.4, 0.5) is 16.2 Å². The molecule has 0 unspecified atom stereocenters. The molecule has 6 heteroatoms. The molecule has 1 fully saturated rings. The van der Waals surface area contributed by atoms with E-state index in [4.69, 9.17) is 16.3 Å². The van der Waals surface area contributed by atoms with Gasteiger partial charge < -0.3 is 20.3 Å². The molecule has 2 aromatic carbocycles. The number of nitrogens with one attached hydrogen (secondary N) is 2. The number of morpholine rings is 1. The first-order chi connectivity index (χ1) is 12.1. The molecule has 2 amide bonds. The lowest BCUT2D eigenvalue weighted by atomic mass is 10.1. The highest BCUT2D eigenvalue weighted by Crippen LogP contribution is 2.20. The number of ether oxygens (including phenoxy) is 1. The van der Waals surface area contributed by atoms with Crippen molar-refractivity contribution >= 4 is 29.0 Å². The molecule has 1 saturated heterocycles. The zero-order chi connectivity index (χ0) is 17.6. The largest absolute Gasteiger partial charge is 0.378 e. The van der Waals surface area contributed by atoms with Crippen molar-refractivity contribution < 1.29 is 9.53 Å². The van der Waals surface area contributed by atoms with Gasteiger partial charge >= 0.3 is 6.03 Å². The minimum absolute atomic E-state index is 0.0991. The van der Waals surface area contributed by atoms with E-state index in [2.05, 4.69) is 39.8 Å². The zero-order valence-corrected chi connectivity index (χ0v) is 14.9. The van der Waals surface area contributed by atoms with Crippen LogP contribution < -0.4 is 15.5 Å². The van der Waals surface area contributed by atoms with Gasteiger partial charge in [-0.3, -0.25) is 0 Å². The topological polar surface area (TPSA) is 53.6 Å². The van der Waals surface area contributed by atoms with Gasteiger partial charge in [0.2, 0.25) is 0 Å². The fraction of sp³-hybridized carbons (Fsp3) is 0.316. The summed E-state index contributed by atoms with van der Waals surface area (Å²) in [5.74, 6) is 0. The van der Waals surface area contributed by atoms with Crippen molar-refractivity contribution in [1.82, 2.24) is 5.32 Å². The third-order valence-electron chi connectivity index (χ3n) is 4.20. The standard InChI is InChI=1S/C19H22ClN3O2/c1-14(21-19(24)22-17-4-2-3-16(20)13-17)15-5-7-18(8-6-15)23-9-11-25-12-10-23/h2-8,13-14H,9-12H2,1H3,(H2,21,22,24)/t14-/m0/s1. The second kappa shape index (κ2) is 8.23. The first-order valence-corrected chi connectivity index (χ1v) is 8.75. The van der Waals surface area contributed by atoms with Gasteiger partial charge in [0.15, 0.2) is 0 Å². The number of hydrogen-bond acceptors (Lipinski definition) is 3. The maximum absolute atomic E-state index is 12.1. The molecule has 0 spiro atoms. The summed E-state index contributed by atoms with van der Waals surface area (Å²) in [4.78, 5) is 14.4. The third kappa shape index (κ3) is 4.87. The van der Waals surface area contributed by atoms with Crippen LogP contribution in [0, 0.1) is 0 Å². The van der Waals surface area contributed by atoms with E-state index in [0.717, 1.165) is 31.9 Å². The molecule has 1 atom stereocenters. The Labute approximate surface area is 152 Å². The van der Waals surface area contributed by atoms with Crippen LogP contribution in [-0.2, 0) is 4.74 Å². The van der Waals surface area contributed by atoms with Crippen molar-refractivity contribution in [2.24, 2.45) is 0 Å². The van der Waals surface area contributed by atoms with Crippen LogP contribution in [0.15, 0.2) is 48.5 Å². The van der Waals surface area contributed by atoms with Gasteiger partial charge in [-0.05, 0) is 42.8 Å². The summed E-state index contributed by atoms with van der Waals surface area (Å²) >= 11 is 5.93. The maximum atomic E-state index is 12.1. The van der Waals surface area contributed by atoms with Crippen LogP contribution in [0.25, 0.3) is 0 Å². The van der Waals surface area contributed by atoms with Crippen molar-refractivity contribution in [3.63, 3.8) is 0 Å². The van der Waals surface area contributed by atoms with Crippen molar-refractivity contribution in [1.29, 1.82) is 0 Å². The van der Waals surface area contributed by atoms with Gasteiger partial charge in [-0.15, -0.1) is 0 Å². The molecule has 3 rings (SSSR count). The van der Waals surface area contributed by atoms with E-state index in [1.807, 2.05) is 6.92 Å². The van der Waals surface area contributed by atoms with Crippen LogP contribution in [-0.4, -0.2) is 32.3 Å². The second-order valence-electron chi connectivity index (χ2n) is 6.02. The summed E-state index contributed by atoms with van der Waals surface area (Å²) in [7, 11) is 0. The van der Waals surface area contributed by atoms with Gasteiger partial charge in [-0.2, -0.15) is 0 Å². The van der Waals surface area contributed by atoms with E-state index in [1.165, 1.54) is 5.69 Å². The molecule has 2 aromatic rings. The average Bonchev–Trinajstić information content (AvgIpc) is 2.62. The van der Waals surface area contributed by atoms with E-state index < -0.39 is 0 Å². The molecular weight excluding hydrogens is 338 g/mol. The van der Waals surface area contributed by atoms with Gasteiger partial charge in [0.25, 0.3) is 0 Å². The van der Waals surface area contributed by atoms with E-state index in [9.17, 15) is 4.79 Å². The Bertz CT molecular complexity index is 715. The molecule has 0 radical (unpaired) electrons. The van der Waals surface area contributed by atoms with Crippen molar-refractivity contribution in [2.45, 2.75) is 13.0 Å². The van der Waals surface area contributed by atoms with Gasteiger partial charge in [-0.1, -0.05) is 29.8 Å². The van der Waals surface area contributed by atoms with Crippen LogP contribution >= 0.6 is 11.6 Å². The molecule has 0 aliphatic carbocycles. The monoisotopic (exact) mass is 359 g/mol. The molecule has 5 nitrogen and oxygen atoms in total. The Kier molecular flexibility index (Phi) is 5.79. The first-order valence-electron chi connectivity index (χ1n) is 8.37. The minimum Gasteiger partial charge on any atom is -0.378 e. The van der Waals surface area contributed by atoms with Crippen molar-refractivity contribution in [3.05, 3.63) is 59.1 Å².